The van der Waals surface area contributed by atoms with Gasteiger partial charge in [-0.3, -0.25) is 19.3 Å². The van der Waals surface area contributed by atoms with Gasteiger partial charge in [-0.25, -0.2) is 0 Å². The minimum atomic E-state index is -1.01. The second-order valence-corrected chi connectivity index (χ2v) is 8.32. The van der Waals surface area contributed by atoms with Crippen molar-refractivity contribution in [2.45, 2.75) is 12.5 Å². The topological polar surface area (TPSA) is 78.5 Å². The van der Waals surface area contributed by atoms with Crippen LogP contribution in [0.3, 0.4) is 0 Å². The molecule has 1 atom stereocenters. The van der Waals surface area contributed by atoms with Crippen molar-refractivity contribution in [3.8, 4) is 0 Å². The largest absolute Gasteiger partial charge is 0.326 e. The fourth-order valence-corrected chi connectivity index (χ4v) is 3.87. The lowest BCUT2D eigenvalue weighted by atomic mass is 10.0. The number of fused-ring (bicyclic) bond motifs is 1. The predicted octanol–water partition coefficient (Wildman–Crippen LogP) is 5.10. The fraction of sp³-hybridized carbons (Fsp3) is 0.0870. The third kappa shape index (κ3) is 4.62. The molecule has 0 aromatic heterocycles. The van der Waals surface area contributed by atoms with Crippen LogP contribution < -0.4 is 15.5 Å². The number of hydrogen-bond acceptors (Lipinski definition) is 3. The lowest BCUT2D eigenvalue weighted by Crippen LogP contribution is -2.52. The SMILES string of the molecule is O=C(C[C@H]1C(=O)Nc2ccccc2N1C(=O)c1ccc(Br)cc1)Nc1cccc(Cl)c1. The van der Waals surface area contributed by atoms with Crippen molar-refractivity contribution >= 4 is 62.3 Å². The molecule has 2 N–H and O–H groups in total. The number of rotatable bonds is 4. The van der Waals surface area contributed by atoms with Crippen LogP contribution in [0.2, 0.25) is 5.02 Å². The summed E-state index contributed by atoms with van der Waals surface area (Å²) < 4.78 is 0.832. The van der Waals surface area contributed by atoms with Gasteiger partial charge in [-0.05, 0) is 54.6 Å². The van der Waals surface area contributed by atoms with Gasteiger partial charge in [0.25, 0.3) is 5.91 Å². The first-order valence-electron chi connectivity index (χ1n) is 9.47. The average molecular weight is 499 g/mol. The maximum Gasteiger partial charge on any atom is 0.259 e. The van der Waals surface area contributed by atoms with Gasteiger partial charge >= 0.3 is 0 Å². The number of nitrogens with zero attached hydrogens (tertiary/aromatic N) is 1. The summed E-state index contributed by atoms with van der Waals surface area (Å²) >= 11 is 9.33. The lowest BCUT2D eigenvalue weighted by Gasteiger charge is -2.36. The summed E-state index contributed by atoms with van der Waals surface area (Å²) in [6.07, 6.45) is -0.213. The molecule has 3 aromatic rings. The molecule has 0 bridgehead atoms. The van der Waals surface area contributed by atoms with Crippen molar-refractivity contribution in [1.82, 2.24) is 0 Å². The number of carbonyl (C=O) groups is 3. The zero-order valence-electron chi connectivity index (χ0n) is 16.1. The van der Waals surface area contributed by atoms with Crippen LogP contribution in [0.5, 0.6) is 0 Å². The Labute approximate surface area is 192 Å². The van der Waals surface area contributed by atoms with Crippen LogP contribution in [0.25, 0.3) is 0 Å². The van der Waals surface area contributed by atoms with Crippen molar-refractivity contribution in [3.63, 3.8) is 0 Å². The average Bonchev–Trinajstić information content (AvgIpc) is 2.74. The number of nitrogens with one attached hydrogen (secondary N) is 2. The summed E-state index contributed by atoms with van der Waals surface area (Å²) in [6.45, 7) is 0. The number of benzene rings is 3. The molecule has 1 aliphatic heterocycles. The molecule has 1 heterocycles. The number of para-hydroxylation sites is 2. The number of amides is 3. The first-order chi connectivity index (χ1) is 14.9. The van der Waals surface area contributed by atoms with Gasteiger partial charge in [0.15, 0.2) is 0 Å². The summed E-state index contributed by atoms with van der Waals surface area (Å²) in [5.74, 6) is -1.20. The van der Waals surface area contributed by atoms with Crippen molar-refractivity contribution < 1.29 is 14.4 Å². The zero-order chi connectivity index (χ0) is 22.0. The number of halogens is 2. The molecule has 6 nitrogen and oxygen atoms in total. The van der Waals surface area contributed by atoms with E-state index in [1.807, 2.05) is 0 Å². The van der Waals surface area contributed by atoms with Crippen molar-refractivity contribution in [3.05, 3.63) is 87.9 Å². The Morgan fingerprint density at radius 1 is 1.03 bits per heavy atom. The van der Waals surface area contributed by atoms with E-state index in [1.54, 1.807) is 72.8 Å². The number of anilines is 3. The molecule has 0 saturated carbocycles. The normalized spacial score (nSPS) is 15.1. The first-order valence-corrected chi connectivity index (χ1v) is 10.6. The second-order valence-electron chi connectivity index (χ2n) is 6.97. The third-order valence-electron chi connectivity index (χ3n) is 4.83. The first kappa shape index (κ1) is 21.1. The molecule has 0 radical (unpaired) electrons. The molecular weight excluding hydrogens is 482 g/mol. The van der Waals surface area contributed by atoms with E-state index in [0.29, 0.717) is 27.6 Å². The van der Waals surface area contributed by atoms with Gasteiger partial charge in [-0.1, -0.05) is 45.7 Å². The van der Waals surface area contributed by atoms with Crippen LogP contribution in [-0.2, 0) is 9.59 Å². The summed E-state index contributed by atoms with van der Waals surface area (Å²) in [6, 6.07) is 19.6. The number of hydrogen-bond donors (Lipinski definition) is 2. The Bertz CT molecular complexity index is 1170. The van der Waals surface area contributed by atoms with Crippen LogP contribution in [0, 0.1) is 0 Å². The van der Waals surface area contributed by atoms with Crippen molar-refractivity contribution in [2.24, 2.45) is 0 Å². The summed E-state index contributed by atoms with van der Waals surface area (Å²) in [5.41, 5.74) is 1.98. The van der Waals surface area contributed by atoms with Gasteiger partial charge in [0.1, 0.15) is 6.04 Å². The van der Waals surface area contributed by atoms with Gasteiger partial charge in [0, 0.05) is 20.7 Å². The molecule has 31 heavy (non-hydrogen) atoms. The minimum Gasteiger partial charge on any atom is -0.326 e. The van der Waals surface area contributed by atoms with E-state index in [-0.39, 0.29) is 12.3 Å². The van der Waals surface area contributed by atoms with E-state index in [1.165, 1.54) is 4.90 Å². The zero-order valence-corrected chi connectivity index (χ0v) is 18.5. The maximum absolute atomic E-state index is 13.4. The Morgan fingerprint density at radius 3 is 2.52 bits per heavy atom. The predicted molar refractivity (Wildman–Crippen MR) is 125 cm³/mol. The molecule has 0 unspecified atom stereocenters. The van der Waals surface area contributed by atoms with Gasteiger partial charge in [0.2, 0.25) is 11.8 Å². The quantitative estimate of drug-likeness (QED) is 0.525. The number of carbonyl (C=O) groups excluding carboxylic acids is 3. The molecule has 8 heteroatoms. The van der Waals surface area contributed by atoms with E-state index in [4.69, 9.17) is 11.6 Å². The molecule has 3 amide bonds. The molecule has 156 valence electrons. The molecule has 0 spiro atoms. The molecule has 0 saturated heterocycles. The van der Waals surface area contributed by atoms with Crippen molar-refractivity contribution in [1.29, 1.82) is 0 Å². The van der Waals surface area contributed by atoms with E-state index in [2.05, 4.69) is 26.6 Å². The highest BCUT2D eigenvalue weighted by molar-refractivity contribution is 9.10. The molecular formula is C23H17BrClN3O3. The smallest absolute Gasteiger partial charge is 0.259 e. The summed E-state index contributed by atoms with van der Waals surface area (Å²) in [4.78, 5) is 40.4. The van der Waals surface area contributed by atoms with Gasteiger partial charge in [-0.2, -0.15) is 0 Å². The highest BCUT2D eigenvalue weighted by Gasteiger charge is 2.38. The van der Waals surface area contributed by atoms with E-state index >= 15 is 0 Å². The van der Waals surface area contributed by atoms with Crippen LogP contribution in [0.15, 0.2) is 77.3 Å². The van der Waals surface area contributed by atoms with Crippen molar-refractivity contribution in [2.75, 3.05) is 15.5 Å². The van der Waals surface area contributed by atoms with Gasteiger partial charge < -0.3 is 10.6 Å². The highest BCUT2D eigenvalue weighted by Crippen LogP contribution is 2.34. The standard InChI is InChI=1S/C23H17BrClN3O3/c24-15-10-8-14(9-11-15)23(31)28-19-7-2-1-6-18(19)27-22(30)20(28)13-21(29)26-17-5-3-4-16(25)12-17/h1-12,20H,13H2,(H,26,29)(H,27,30)/t20-/m0/s1. The molecule has 1 aliphatic rings. The molecule has 0 aliphatic carbocycles. The lowest BCUT2D eigenvalue weighted by molar-refractivity contribution is -0.122. The molecule has 0 fully saturated rings. The van der Waals surface area contributed by atoms with Crippen LogP contribution >= 0.6 is 27.5 Å². The monoisotopic (exact) mass is 497 g/mol. The molecule has 3 aromatic carbocycles. The summed E-state index contributed by atoms with van der Waals surface area (Å²) in [7, 11) is 0. The van der Waals surface area contributed by atoms with Crippen LogP contribution in [0.1, 0.15) is 16.8 Å². The Hall–Kier alpha value is -3.16. The highest BCUT2D eigenvalue weighted by atomic mass is 79.9. The Kier molecular flexibility index (Phi) is 6.06. The Morgan fingerprint density at radius 2 is 1.77 bits per heavy atom. The van der Waals surface area contributed by atoms with E-state index in [0.717, 1.165) is 4.47 Å². The van der Waals surface area contributed by atoms with E-state index < -0.39 is 17.9 Å². The van der Waals surface area contributed by atoms with Gasteiger partial charge in [0.05, 0.1) is 17.8 Å². The Balaban J connectivity index is 1.65. The van der Waals surface area contributed by atoms with Crippen LogP contribution in [0.4, 0.5) is 17.1 Å². The third-order valence-corrected chi connectivity index (χ3v) is 5.60. The van der Waals surface area contributed by atoms with E-state index in [9.17, 15) is 14.4 Å². The second kappa shape index (κ2) is 8.91. The maximum atomic E-state index is 13.4. The van der Waals surface area contributed by atoms with Crippen LogP contribution in [-0.4, -0.2) is 23.8 Å². The fourth-order valence-electron chi connectivity index (χ4n) is 3.41. The minimum absolute atomic E-state index is 0.213. The van der Waals surface area contributed by atoms with Gasteiger partial charge in [-0.15, -0.1) is 0 Å². The molecule has 4 rings (SSSR count). The summed E-state index contributed by atoms with van der Waals surface area (Å²) in [5, 5.41) is 6.01.